The summed E-state index contributed by atoms with van der Waals surface area (Å²) in [5.74, 6) is -5.84. The van der Waals surface area contributed by atoms with E-state index in [9.17, 15) is 23.7 Å². The molecule has 0 radical (unpaired) electrons. The molecule has 0 amide bonds. The van der Waals surface area contributed by atoms with Gasteiger partial charge in [-0.15, -0.1) is 0 Å². The summed E-state index contributed by atoms with van der Waals surface area (Å²) in [5.41, 5.74) is -0.542. The van der Waals surface area contributed by atoms with Gasteiger partial charge in [0.15, 0.2) is 0 Å². The zero-order chi connectivity index (χ0) is 19.3. The number of alkyl halides is 2. The summed E-state index contributed by atoms with van der Waals surface area (Å²) in [4.78, 5) is 30.6. The zero-order valence-corrected chi connectivity index (χ0v) is 14.9. The number of anilines is 1. The van der Waals surface area contributed by atoms with E-state index in [4.69, 9.17) is 11.6 Å². The maximum atomic E-state index is 14.4. The summed E-state index contributed by atoms with van der Waals surface area (Å²) < 4.78 is 33.2. The van der Waals surface area contributed by atoms with Gasteiger partial charge in [-0.2, -0.15) is 13.8 Å². The Morgan fingerprint density at radius 3 is 2.69 bits per heavy atom. The fourth-order valence-corrected chi connectivity index (χ4v) is 3.10. The predicted molar refractivity (Wildman–Crippen MR) is 89.5 cm³/mol. The minimum atomic E-state index is -3.85. The SMILES string of the molecule is CCOC(=O)C(F)(F)CN(c1nc(Cl)ncc1[N+](=O)[O-])C1CCCCC1. The highest BCUT2D eigenvalue weighted by atomic mass is 35.5. The Kier molecular flexibility index (Phi) is 6.63. The van der Waals surface area contributed by atoms with Crippen molar-refractivity contribution in [1.82, 2.24) is 9.97 Å². The maximum absolute atomic E-state index is 14.4. The lowest BCUT2D eigenvalue weighted by Gasteiger charge is -2.36. The van der Waals surface area contributed by atoms with Crippen LogP contribution >= 0.6 is 11.6 Å². The number of halogens is 3. The normalized spacial score (nSPS) is 15.5. The van der Waals surface area contributed by atoms with Crippen LogP contribution in [0.5, 0.6) is 0 Å². The molecule has 1 aromatic rings. The molecule has 26 heavy (non-hydrogen) atoms. The number of rotatable bonds is 7. The molecule has 0 aromatic carbocycles. The maximum Gasteiger partial charge on any atom is 0.378 e. The van der Waals surface area contributed by atoms with E-state index < -0.39 is 35.1 Å². The van der Waals surface area contributed by atoms with Crippen LogP contribution in [0.1, 0.15) is 39.0 Å². The summed E-state index contributed by atoms with van der Waals surface area (Å²) in [6.07, 6.45) is 4.51. The second-order valence-corrected chi connectivity index (χ2v) is 6.29. The standard InChI is InChI=1S/C15H19ClF2N4O4/c1-2-26-13(23)15(17,18)9-21(10-6-4-3-5-7-10)12-11(22(24)25)8-19-14(16)20-12/h8,10H,2-7,9H2,1H3. The zero-order valence-electron chi connectivity index (χ0n) is 14.2. The van der Waals surface area contributed by atoms with E-state index in [2.05, 4.69) is 14.7 Å². The Balaban J connectivity index is 2.43. The lowest BCUT2D eigenvalue weighted by atomic mass is 9.93. The van der Waals surface area contributed by atoms with Crippen molar-refractivity contribution < 1.29 is 23.2 Å². The van der Waals surface area contributed by atoms with Crippen LogP contribution in [0.3, 0.4) is 0 Å². The van der Waals surface area contributed by atoms with E-state index in [1.807, 2.05) is 0 Å². The number of hydrogen-bond donors (Lipinski definition) is 0. The van der Waals surface area contributed by atoms with Crippen molar-refractivity contribution >= 4 is 29.1 Å². The third kappa shape index (κ3) is 4.75. The molecule has 0 unspecified atom stereocenters. The monoisotopic (exact) mass is 392 g/mol. The molecule has 0 spiro atoms. The van der Waals surface area contributed by atoms with Gasteiger partial charge < -0.3 is 9.64 Å². The number of ether oxygens (including phenoxy) is 1. The van der Waals surface area contributed by atoms with E-state index >= 15 is 0 Å². The van der Waals surface area contributed by atoms with Crippen LogP contribution in [0.15, 0.2) is 6.20 Å². The average Bonchev–Trinajstić information content (AvgIpc) is 2.60. The van der Waals surface area contributed by atoms with Crippen LogP contribution in [-0.2, 0) is 9.53 Å². The third-order valence-electron chi connectivity index (χ3n) is 4.15. The Hall–Kier alpha value is -2.10. The van der Waals surface area contributed by atoms with Gasteiger partial charge in [0.25, 0.3) is 0 Å². The molecule has 1 heterocycles. The van der Waals surface area contributed by atoms with Crippen molar-refractivity contribution in [3.8, 4) is 0 Å². The summed E-state index contributed by atoms with van der Waals surface area (Å²) >= 11 is 5.74. The molecule has 0 saturated heterocycles. The first-order chi connectivity index (χ1) is 12.3. The molecule has 11 heteroatoms. The Bertz CT molecular complexity index is 671. The average molecular weight is 393 g/mol. The summed E-state index contributed by atoms with van der Waals surface area (Å²) in [6.45, 7) is 0.143. The van der Waals surface area contributed by atoms with Crippen molar-refractivity contribution in [2.45, 2.75) is 51.0 Å². The number of nitro groups is 1. The lowest BCUT2D eigenvalue weighted by Crippen LogP contribution is -2.49. The number of hydrogen-bond acceptors (Lipinski definition) is 7. The van der Waals surface area contributed by atoms with Crippen molar-refractivity contribution in [3.05, 3.63) is 21.6 Å². The fourth-order valence-electron chi connectivity index (χ4n) is 2.97. The molecule has 1 saturated carbocycles. The van der Waals surface area contributed by atoms with Gasteiger partial charge in [0, 0.05) is 6.04 Å². The third-order valence-corrected chi connectivity index (χ3v) is 4.33. The number of nitrogens with zero attached hydrogens (tertiary/aromatic N) is 4. The molecule has 144 valence electrons. The van der Waals surface area contributed by atoms with Crippen molar-refractivity contribution in [1.29, 1.82) is 0 Å². The first-order valence-electron chi connectivity index (χ1n) is 8.25. The van der Waals surface area contributed by atoms with Gasteiger partial charge in [-0.05, 0) is 31.4 Å². The van der Waals surface area contributed by atoms with E-state index in [-0.39, 0.29) is 17.7 Å². The van der Waals surface area contributed by atoms with E-state index in [1.54, 1.807) is 0 Å². The Morgan fingerprint density at radius 2 is 2.12 bits per heavy atom. The molecular weight excluding hydrogens is 374 g/mol. The highest BCUT2D eigenvalue weighted by Gasteiger charge is 2.45. The van der Waals surface area contributed by atoms with Gasteiger partial charge in [0.2, 0.25) is 11.1 Å². The fraction of sp³-hybridized carbons (Fsp3) is 0.667. The van der Waals surface area contributed by atoms with Crippen LogP contribution in [-0.4, -0.2) is 46.0 Å². The number of carbonyl (C=O) groups is 1. The summed E-state index contributed by atoms with van der Waals surface area (Å²) in [6, 6.07) is -0.422. The van der Waals surface area contributed by atoms with Gasteiger partial charge in [-0.1, -0.05) is 19.3 Å². The molecule has 1 aromatic heterocycles. The topological polar surface area (TPSA) is 98.5 Å². The van der Waals surface area contributed by atoms with Gasteiger partial charge in [0.05, 0.1) is 18.1 Å². The van der Waals surface area contributed by atoms with Gasteiger partial charge in [0.1, 0.15) is 6.20 Å². The van der Waals surface area contributed by atoms with E-state index in [1.165, 1.54) is 6.92 Å². The minimum absolute atomic E-state index is 0.197. The van der Waals surface area contributed by atoms with Crippen LogP contribution in [0, 0.1) is 10.1 Å². The highest BCUT2D eigenvalue weighted by Crippen LogP contribution is 2.34. The molecule has 0 aliphatic heterocycles. The second-order valence-electron chi connectivity index (χ2n) is 5.95. The highest BCUT2D eigenvalue weighted by molar-refractivity contribution is 6.28. The van der Waals surface area contributed by atoms with Gasteiger partial charge in [-0.25, -0.2) is 9.78 Å². The molecule has 1 aliphatic rings. The number of carbonyl (C=O) groups excluding carboxylic acids is 1. The summed E-state index contributed by atoms with van der Waals surface area (Å²) in [7, 11) is 0. The predicted octanol–water partition coefficient (Wildman–Crippen LogP) is 3.38. The first kappa shape index (κ1) is 20.2. The molecule has 8 nitrogen and oxygen atoms in total. The second kappa shape index (κ2) is 8.52. The largest absolute Gasteiger partial charge is 0.462 e. The Morgan fingerprint density at radius 1 is 1.46 bits per heavy atom. The van der Waals surface area contributed by atoms with E-state index in [0.29, 0.717) is 12.8 Å². The molecule has 0 bridgehead atoms. The van der Waals surface area contributed by atoms with Crippen molar-refractivity contribution in [3.63, 3.8) is 0 Å². The quantitative estimate of drug-likeness (QED) is 0.303. The smallest absolute Gasteiger partial charge is 0.378 e. The molecule has 1 fully saturated rings. The van der Waals surface area contributed by atoms with Crippen molar-refractivity contribution in [2.75, 3.05) is 18.1 Å². The van der Waals surface area contributed by atoms with E-state index in [0.717, 1.165) is 30.4 Å². The number of aromatic nitrogens is 2. The van der Waals surface area contributed by atoms with Crippen LogP contribution < -0.4 is 4.90 Å². The molecule has 0 N–H and O–H groups in total. The van der Waals surface area contributed by atoms with Crippen LogP contribution in [0.2, 0.25) is 5.28 Å². The van der Waals surface area contributed by atoms with Crippen molar-refractivity contribution in [2.24, 2.45) is 0 Å². The van der Waals surface area contributed by atoms with Crippen LogP contribution in [0.25, 0.3) is 0 Å². The minimum Gasteiger partial charge on any atom is -0.462 e. The molecule has 1 aliphatic carbocycles. The van der Waals surface area contributed by atoms with Gasteiger partial charge >= 0.3 is 17.6 Å². The Labute approximate surface area is 153 Å². The van der Waals surface area contributed by atoms with Crippen LogP contribution in [0.4, 0.5) is 20.3 Å². The molecule has 0 atom stereocenters. The number of esters is 1. The lowest BCUT2D eigenvalue weighted by molar-refractivity contribution is -0.384. The molecule has 2 rings (SSSR count). The van der Waals surface area contributed by atoms with Gasteiger partial charge in [-0.3, -0.25) is 10.1 Å². The molecular formula is C15H19ClF2N4O4. The first-order valence-corrected chi connectivity index (χ1v) is 8.62. The summed E-state index contributed by atoms with van der Waals surface area (Å²) in [5, 5.41) is 11.0.